The molecule has 6 heteroatoms. The third kappa shape index (κ3) is 2.53. The number of hydrogen-bond acceptors (Lipinski definition) is 5. The maximum atomic E-state index is 9.08. The van der Waals surface area contributed by atoms with E-state index in [4.69, 9.17) is 5.11 Å². The molecule has 0 amide bonds. The topological polar surface area (TPSA) is 75.9 Å². The third-order valence-corrected chi connectivity index (χ3v) is 3.89. The van der Waals surface area contributed by atoms with Gasteiger partial charge in [-0.2, -0.15) is 0 Å². The molecule has 3 rings (SSSR count). The Kier molecular flexibility index (Phi) is 4.02. The molecule has 0 aliphatic heterocycles. The molecule has 3 heterocycles. The summed E-state index contributed by atoms with van der Waals surface area (Å²) in [5.74, 6) is 0.791. The second-order valence-electron chi connectivity index (χ2n) is 5.22. The van der Waals surface area contributed by atoms with Crippen molar-refractivity contribution in [2.45, 2.75) is 26.8 Å². The minimum Gasteiger partial charge on any atom is -0.396 e. The van der Waals surface area contributed by atoms with Crippen LogP contribution in [-0.4, -0.2) is 31.2 Å². The molecule has 0 saturated carbocycles. The van der Waals surface area contributed by atoms with Crippen LogP contribution in [0, 0.1) is 13.8 Å². The van der Waals surface area contributed by atoms with Crippen LogP contribution in [0.3, 0.4) is 0 Å². The molecule has 0 atom stereocenters. The largest absolute Gasteiger partial charge is 0.396 e. The van der Waals surface area contributed by atoms with Crippen LogP contribution in [0.2, 0.25) is 0 Å². The highest BCUT2D eigenvalue weighted by Crippen LogP contribution is 2.30. The van der Waals surface area contributed by atoms with Gasteiger partial charge >= 0.3 is 0 Å². The van der Waals surface area contributed by atoms with E-state index in [1.54, 1.807) is 18.7 Å². The number of aryl methyl sites for hydroxylation is 2. The summed E-state index contributed by atoms with van der Waals surface area (Å²) >= 11 is 0. The summed E-state index contributed by atoms with van der Waals surface area (Å²) in [6.07, 6.45) is 5.76. The van der Waals surface area contributed by atoms with Crippen molar-refractivity contribution in [1.29, 1.82) is 0 Å². The van der Waals surface area contributed by atoms with Gasteiger partial charge in [-0.1, -0.05) is 0 Å². The normalized spacial score (nSPS) is 11.0. The number of fused-ring (bicyclic) bond motifs is 1. The Balaban J connectivity index is 2.08. The number of anilines is 2. The lowest BCUT2D eigenvalue weighted by molar-refractivity contribution is 0.280. The molecule has 0 unspecified atom stereocenters. The minimum absolute atomic E-state index is 0.172. The summed E-state index contributed by atoms with van der Waals surface area (Å²) in [6, 6.07) is 3.80. The third-order valence-electron chi connectivity index (χ3n) is 3.89. The van der Waals surface area contributed by atoms with Crippen molar-refractivity contribution in [1.82, 2.24) is 19.5 Å². The molecule has 3 aromatic heterocycles. The summed E-state index contributed by atoms with van der Waals surface area (Å²) in [5.41, 5.74) is 4.15. The van der Waals surface area contributed by atoms with E-state index < -0.39 is 0 Å². The number of hydrogen-bond donors (Lipinski definition) is 2. The van der Waals surface area contributed by atoms with Crippen molar-refractivity contribution < 1.29 is 5.11 Å². The van der Waals surface area contributed by atoms with E-state index in [0.717, 1.165) is 40.3 Å². The molecule has 0 saturated heterocycles. The zero-order valence-electron chi connectivity index (χ0n) is 12.7. The highest BCUT2D eigenvalue weighted by Gasteiger charge is 2.16. The molecule has 0 bridgehead atoms. The van der Waals surface area contributed by atoms with Crippen LogP contribution in [0.1, 0.15) is 17.7 Å². The van der Waals surface area contributed by atoms with Crippen molar-refractivity contribution >= 4 is 22.5 Å². The monoisotopic (exact) mass is 297 g/mol. The van der Waals surface area contributed by atoms with Gasteiger partial charge < -0.3 is 15.0 Å². The first kappa shape index (κ1) is 14.5. The van der Waals surface area contributed by atoms with Crippen LogP contribution in [0.4, 0.5) is 11.5 Å². The standard InChI is InChI=1S/C16H19N5O/c1-11-12(2)21(8-3-9-22)16-14(11)15(18-10-19-16)20-13-4-6-17-7-5-13/h4-7,10,22H,3,8-9H2,1-2H3,(H,17,18,19,20). The van der Waals surface area contributed by atoms with Gasteiger partial charge in [-0.25, -0.2) is 9.97 Å². The minimum atomic E-state index is 0.172. The van der Waals surface area contributed by atoms with E-state index in [0.29, 0.717) is 6.42 Å². The van der Waals surface area contributed by atoms with E-state index in [-0.39, 0.29) is 6.61 Å². The summed E-state index contributed by atoms with van der Waals surface area (Å²) in [7, 11) is 0. The molecule has 0 aliphatic carbocycles. The van der Waals surface area contributed by atoms with Crippen molar-refractivity contribution in [3.05, 3.63) is 42.1 Å². The Labute approximate surface area is 128 Å². The van der Waals surface area contributed by atoms with Crippen LogP contribution in [0.5, 0.6) is 0 Å². The van der Waals surface area contributed by atoms with Crippen molar-refractivity contribution in [3.8, 4) is 0 Å². The van der Waals surface area contributed by atoms with Gasteiger partial charge in [-0.05, 0) is 38.0 Å². The summed E-state index contributed by atoms with van der Waals surface area (Å²) in [6.45, 7) is 5.07. The maximum Gasteiger partial charge on any atom is 0.145 e. The number of aliphatic hydroxyl groups is 1. The second-order valence-corrected chi connectivity index (χ2v) is 5.22. The van der Waals surface area contributed by atoms with E-state index in [1.807, 2.05) is 12.1 Å². The highest BCUT2D eigenvalue weighted by molar-refractivity contribution is 5.93. The first-order valence-electron chi connectivity index (χ1n) is 7.30. The predicted octanol–water partition coefficient (Wildman–Crippen LogP) is 2.57. The van der Waals surface area contributed by atoms with E-state index in [2.05, 4.69) is 38.7 Å². The van der Waals surface area contributed by atoms with Crippen molar-refractivity contribution in [2.24, 2.45) is 0 Å². The molecule has 3 aromatic rings. The number of nitrogens with zero attached hydrogens (tertiary/aromatic N) is 4. The quantitative estimate of drug-likeness (QED) is 0.757. The first-order valence-corrected chi connectivity index (χ1v) is 7.30. The smallest absolute Gasteiger partial charge is 0.145 e. The number of rotatable bonds is 5. The van der Waals surface area contributed by atoms with Gasteiger partial charge in [-0.3, -0.25) is 4.98 Å². The van der Waals surface area contributed by atoms with Crippen molar-refractivity contribution in [3.63, 3.8) is 0 Å². The van der Waals surface area contributed by atoms with Crippen LogP contribution in [0.25, 0.3) is 11.0 Å². The SMILES string of the molecule is Cc1c(C)n(CCCO)c2ncnc(Nc3ccncc3)c12. The Bertz CT molecular complexity index is 782. The second kappa shape index (κ2) is 6.11. The molecule has 0 aliphatic rings. The first-order chi connectivity index (χ1) is 10.7. The fraction of sp³-hybridized carbons (Fsp3) is 0.312. The maximum absolute atomic E-state index is 9.08. The lowest BCUT2D eigenvalue weighted by Crippen LogP contribution is -2.03. The molecule has 22 heavy (non-hydrogen) atoms. The highest BCUT2D eigenvalue weighted by atomic mass is 16.3. The summed E-state index contributed by atoms with van der Waals surface area (Å²) < 4.78 is 2.14. The molecule has 0 fully saturated rings. The molecular formula is C16H19N5O. The van der Waals surface area contributed by atoms with Crippen LogP contribution in [-0.2, 0) is 6.54 Å². The van der Waals surface area contributed by atoms with Gasteiger partial charge in [0.1, 0.15) is 17.8 Å². The lowest BCUT2D eigenvalue weighted by Gasteiger charge is -2.08. The molecule has 114 valence electrons. The Morgan fingerprint density at radius 3 is 2.68 bits per heavy atom. The molecule has 6 nitrogen and oxygen atoms in total. The molecule has 0 radical (unpaired) electrons. The van der Waals surface area contributed by atoms with Crippen LogP contribution >= 0.6 is 0 Å². The zero-order chi connectivity index (χ0) is 15.5. The average Bonchev–Trinajstić information content (AvgIpc) is 2.79. The van der Waals surface area contributed by atoms with E-state index in [1.165, 1.54) is 0 Å². The predicted molar refractivity (Wildman–Crippen MR) is 86.2 cm³/mol. The number of pyridine rings is 1. The van der Waals surface area contributed by atoms with Gasteiger partial charge in [0.25, 0.3) is 0 Å². The average molecular weight is 297 g/mol. The van der Waals surface area contributed by atoms with Gasteiger partial charge in [0.15, 0.2) is 0 Å². The van der Waals surface area contributed by atoms with Gasteiger partial charge in [-0.15, -0.1) is 0 Å². The fourth-order valence-corrected chi connectivity index (χ4v) is 2.64. The van der Waals surface area contributed by atoms with Gasteiger partial charge in [0, 0.05) is 36.9 Å². The Hall–Kier alpha value is -2.47. The molecule has 2 N–H and O–H groups in total. The molecule has 0 spiro atoms. The van der Waals surface area contributed by atoms with E-state index >= 15 is 0 Å². The Morgan fingerprint density at radius 1 is 1.18 bits per heavy atom. The number of aliphatic hydroxyl groups excluding tert-OH is 1. The Morgan fingerprint density at radius 2 is 1.95 bits per heavy atom. The van der Waals surface area contributed by atoms with Gasteiger partial charge in [0.05, 0.1) is 5.39 Å². The number of nitrogens with one attached hydrogen (secondary N) is 1. The summed E-state index contributed by atoms with van der Waals surface area (Å²) in [5, 5.41) is 13.4. The number of aromatic nitrogens is 4. The van der Waals surface area contributed by atoms with Crippen molar-refractivity contribution in [2.75, 3.05) is 11.9 Å². The lowest BCUT2D eigenvalue weighted by atomic mass is 10.2. The van der Waals surface area contributed by atoms with Gasteiger partial charge in [0.2, 0.25) is 0 Å². The van der Waals surface area contributed by atoms with Crippen LogP contribution < -0.4 is 5.32 Å². The van der Waals surface area contributed by atoms with E-state index in [9.17, 15) is 0 Å². The zero-order valence-corrected chi connectivity index (χ0v) is 12.7. The molecular weight excluding hydrogens is 278 g/mol. The summed E-state index contributed by atoms with van der Waals surface area (Å²) in [4.78, 5) is 12.8. The van der Waals surface area contributed by atoms with Crippen LogP contribution in [0.15, 0.2) is 30.9 Å². The fourth-order valence-electron chi connectivity index (χ4n) is 2.64. The molecule has 0 aromatic carbocycles.